The minimum absolute atomic E-state index is 0.268. The van der Waals surface area contributed by atoms with Gasteiger partial charge in [-0.1, -0.05) is 6.07 Å². The van der Waals surface area contributed by atoms with Crippen LogP contribution >= 0.6 is 0 Å². The minimum atomic E-state index is 0.268. The van der Waals surface area contributed by atoms with Gasteiger partial charge in [0.15, 0.2) is 0 Å². The van der Waals surface area contributed by atoms with Gasteiger partial charge in [-0.15, -0.1) is 0 Å². The summed E-state index contributed by atoms with van der Waals surface area (Å²) < 4.78 is 10.8. The van der Waals surface area contributed by atoms with Crippen molar-refractivity contribution in [3.63, 3.8) is 0 Å². The molecule has 1 fully saturated rings. The van der Waals surface area contributed by atoms with Crippen molar-refractivity contribution in [1.82, 2.24) is 0 Å². The topological polar surface area (TPSA) is 45.2 Å². The van der Waals surface area contributed by atoms with Crippen molar-refractivity contribution in [2.24, 2.45) is 0 Å². The number of hydrogen-bond donors (Lipinski definition) is 1. The second-order valence-electron chi connectivity index (χ2n) is 4.25. The van der Waals surface area contributed by atoms with E-state index in [1.807, 2.05) is 18.2 Å². The first-order chi connectivity index (χ1) is 7.84. The van der Waals surface area contributed by atoms with Crippen LogP contribution in [0.1, 0.15) is 12.0 Å². The van der Waals surface area contributed by atoms with Crippen LogP contribution in [0.3, 0.4) is 0 Å². The summed E-state index contributed by atoms with van der Waals surface area (Å²) in [6, 6.07) is 5.80. The van der Waals surface area contributed by atoms with E-state index in [2.05, 4.69) is 0 Å². The molecule has 1 saturated heterocycles. The van der Waals surface area contributed by atoms with Crippen molar-refractivity contribution >= 4 is 5.69 Å². The molecule has 3 rings (SSSR count). The molecule has 0 amide bonds. The Bertz CT molecular complexity index is 390. The molecule has 2 aliphatic rings. The van der Waals surface area contributed by atoms with Gasteiger partial charge in [0.25, 0.3) is 0 Å². The minimum Gasteiger partial charge on any atom is -0.490 e. The van der Waals surface area contributed by atoms with Gasteiger partial charge >= 0.3 is 0 Å². The Labute approximate surface area is 94.3 Å². The summed E-state index contributed by atoms with van der Waals surface area (Å²) in [6.45, 7) is 2.12. The monoisotopic (exact) mass is 221 g/mol. The first-order valence-electron chi connectivity index (χ1n) is 5.67. The Morgan fingerprint density at radius 3 is 3.19 bits per heavy atom. The molecule has 86 valence electrons. The Morgan fingerprint density at radius 1 is 1.50 bits per heavy atom. The lowest BCUT2D eigenvalue weighted by atomic mass is 10.0. The van der Waals surface area contributed by atoms with Crippen molar-refractivity contribution < 1.29 is 14.7 Å². The number of anilines is 1. The predicted molar refractivity (Wildman–Crippen MR) is 59.1 cm³/mol. The van der Waals surface area contributed by atoms with E-state index < -0.39 is 0 Å². The van der Waals surface area contributed by atoms with Crippen LogP contribution in [0.4, 0.5) is 5.69 Å². The number of benzene rings is 1. The largest absolute Gasteiger partial charge is 0.490 e. The van der Waals surface area contributed by atoms with Crippen molar-refractivity contribution in [3.05, 3.63) is 23.8 Å². The maximum Gasteiger partial charge on any atom is 0.124 e. The summed E-state index contributed by atoms with van der Waals surface area (Å²) >= 11 is 0. The summed E-state index contributed by atoms with van der Waals surface area (Å²) in [6.07, 6.45) is 2.20. The smallest absolute Gasteiger partial charge is 0.124 e. The van der Waals surface area contributed by atoms with Crippen LogP contribution in [0.5, 0.6) is 5.75 Å². The summed E-state index contributed by atoms with van der Waals surface area (Å²) in [5.41, 5.74) is 1.98. The first-order valence-corrected chi connectivity index (χ1v) is 5.67. The summed E-state index contributed by atoms with van der Waals surface area (Å²) in [5, 5.41) is 11.0. The highest BCUT2D eigenvalue weighted by Crippen LogP contribution is 2.33. The zero-order valence-corrected chi connectivity index (χ0v) is 9.06. The van der Waals surface area contributed by atoms with Crippen molar-refractivity contribution in [3.8, 4) is 5.75 Å². The standard InChI is InChI=1S/C12H15NO3/c14-13-6-2-3-10-11(13)4-1-5-12(10)16-8-9-7-15-9/h1,4-5,9,14H,2-3,6-8H2. The second kappa shape index (κ2) is 3.96. The molecule has 1 unspecified atom stereocenters. The second-order valence-corrected chi connectivity index (χ2v) is 4.25. The average molecular weight is 221 g/mol. The predicted octanol–water partition coefficient (Wildman–Crippen LogP) is 1.61. The highest BCUT2D eigenvalue weighted by molar-refractivity contribution is 5.59. The molecule has 0 bridgehead atoms. The van der Waals surface area contributed by atoms with Crippen LogP contribution < -0.4 is 9.80 Å². The van der Waals surface area contributed by atoms with Crippen LogP contribution in [0.2, 0.25) is 0 Å². The summed E-state index contributed by atoms with van der Waals surface area (Å²) in [4.78, 5) is 0. The van der Waals surface area contributed by atoms with Crippen molar-refractivity contribution in [2.45, 2.75) is 18.9 Å². The Balaban J connectivity index is 1.83. The molecule has 0 radical (unpaired) electrons. The molecule has 1 aromatic carbocycles. The number of rotatable bonds is 3. The maximum atomic E-state index is 9.73. The highest BCUT2D eigenvalue weighted by Gasteiger charge is 2.25. The van der Waals surface area contributed by atoms with E-state index in [1.165, 1.54) is 5.06 Å². The third kappa shape index (κ3) is 1.86. The first kappa shape index (κ1) is 9.93. The van der Waals surface area contributed by atoms with Gasteiger partial charge in [0.1, 0.15) is 18.5 Å². The van der Waals surface area contributed by atoms with Gasteiger partial charge in [-0.25, -0.2) is 0 Å². The van der Waals surface area contributed by atoms with E-state index >= 15 is 0 Å². The molecule has 1 N–H and O–H groups in total. The molecule has 4 heteroatoms. The van der Waals surface area contributed by atoms with Crippen LogP contribution in [0, 0.1) is 0 Å². The van der Waals surface area contributed by atoms with Gasteiger partial charge in [0.05, 0.1) is 12.3 Å². The number of epoxide rings is 1. The van der Waals surface area contributed by atoms with E-state index in [0.717, 1.165) is 36.4 Å². The normalized spacial score (nSPS) is 22.8. The van der Waals surface area contributed by atoms with Crippen LogP contribution in [0.15, 0.2) is 18.2 Å². The molecule has 0 aliphatic carbocycles. The van der Waals surface area contributed by atoms with Gasteiger partial charge in [-0.3, -0.25) is 10.3 Å². The lowest BCUT2D eigenvalue weighted by molar-refractivity contribution is 0.239. The zero-order valence-electron chi connectivity index (χ0n) is 9.06. The maximum absolute atomic E-state index is 9.73. The van der Waals surface area contributed by atoms with E-state index in [1.54, 1.807) is 0 Å². The van der Waals surface area contributed by atoms with Gasteiger partial charge < -0.3 is 9.47 Å². The Kier molecular flexibility index (Phi) is 2.46. The lowest BCUT2D eigenvalue weighted by Gasteiger charge is -2.26. The number of fused-ring (bicyclic) bond motifs is 1. The molecule has 0 aromatic heterocycles. The number of ether oxygens (including phenoxy) is 2. The number of hydroxylamine groups is 1. The zero-order chi connectivity index (χ0) is 11.0. The lowest BCUT2D eigenvalue weighted by Crippen LogP contribution is -2.25. The van der Waals surface area contributed by atoms with Crippen LogP contribution in [-0.4, -0.2) is 31.1 Å². The number of nitrogens with zero attached hydrogens (tertiary/aromatic N) is 1. The molecule has 2 heterocycles. The Morgan fingerprint density at radius 2 is 2.38 bits per heavy atom. The van der Waals surface area contributed by atoms with E-state index in [0.29, 0.717) is 13.2 Å². The summed E-state index contributed by atoms with van der Waals surface area (Å²) in [5.74, 6) is 0.881. The highest BCUT2D eigenvalue weighted by atomic mass is 16.6. The van der Waals surface area contributed by atoms with Gasteiger partial charge in [-0.2, -0.15) is 0 Å². The van der Waals surface area contributed by atoms with Crippen LogP contribution in [-0.2, 0) is 11.2 Å². The molecule has 2 aliphatic heterocycles. The number of hydrogen-bond acceptors (Lipinski definition) is 4. The molecule has 0 saturated carbocycles. The summed E-state index contributed by atoms with van der Waals surface area (Å²) in [7, 11) is 0. The van der Waals surface area contributed by atoms with Crippen molar-refractivity contribution in [2.75, 3.05) is 24.8 Å². The quantitative estimate of drug-likeness (QED) is 0.787. The molecule has 4 nitrogen and oxygen atoms in total. The molecular formula is C12H15NO3. The SMILES string of the molecule is ON1CCCc2c(OCC3CO3)cccc21. The van der Waals surface area contributed by atoms with Crippen LogP contribution in [0.25, 0.3) is 0 Å². The van der Waals surface area contributed by atoms with Gasteiger partial charge in [0, 0.05) is 12.1 Å². The fourth-order valence-electron chi connectivity index (χ4n) is 2.06. The molecular weight excluding hydrogens is 206 g/mol. The molecule has 0 spiro atoms. The van der Waals surface area contributed by atoms with Crippen molar-refractivity contribution in [1.29, 1.82) is 0 Å². The fourth-order valence-corrected chi connectivity index (χ4v) is 2.06. The van der Waals surface area contributed by atoms with E-state index in [4.69, 9.17) is 9.47 Å². The molecule has 1 aromatic rings. The fraction of sp³-hybridized carbons (Fsp3) is 0.500. The van der Waals surface area contributed by atoms with E-state index in [-0.39, 0.29) is 6.10 Å². The average Bonchev–Trinajstić information content (AvgIpc) is 3.11. The third-order valence-corrected chi connectivity index (χ3v) is 3.01. The van der Waals surface area contributed by atoms with E-state index in [9.17, 15) is 5.21 Å². The van der Waals surface area contributed by atoms with Gasteiger partial charge in [-0.05, 0) is 25.0 Å². The van der Waals surface area contributed by atoms with Gasteiger partial charge in [0.2, 0.25) is 0 Å². The third-order valence-electron chi connectivity index (χ3n) is 3.01. The molecule has 16 heavy (non-hydrogen) atoms. The molecule has 1 atom stereocenters. The Hall–Kier alpha value is -1.26.